The number of thioether (sulfide) groups is 1. The van der Waals surface area contributed by atoms with Gasteiger partial charge in [-0.1, -0.05) is 42.5 Å². The van der Waals surface area contributed by atoms with Crippen molar-refractivity contribution in [3.63, 3.8) is 0 Å². The lowest BCUT2D eigenvalue weighted by molar-refractivity contribution is -0.387. The zero-order chi connectivity index (χ0) is 17.8. The van der Waals surface area contributed by atoms with Crippen LogP contribution in [0.4, 0.5) is 5.69 Å². The molecule has 1 fully saturated rings. The van der Waals surface area contributed by atoms with Crippen molar-refractivity contribution >= 4 is 29.0 Å². The van der Waals surface area contributed by atoms with E-state index in [0.717, 1.165) is 6.42 Å². The van der Waals surface area contributed by atoms with Gasteiger partial charge >= 0.3 is 0 Å². The highest BCUT2D eigenvalue weighted by Gasteiger charge is 2.31. The molecule has 6 heteroatoms. The first-order chi connectivity index (χ1) is 12.1. The number of benzene rings is 2. The Morgan fingerprint density at radius 3 is 2.52 bits per heavy atom. The van der Waals surface area contributed by atoms with Crippen LogP contribution in [0.5, 0.6) is 0 Å². The maximum Gasteiger partial charge on any atom is 0.282 e. The Hall–Kier alpha value is -2.60. The first-order valence-electron chi connectivity index (χ1n) is 7.99. The van der Waals surface area contributed by atoms with Gasteiger partial charge in [0.05, 0.1) is 15.1 Å². The number of para-hydroxylation sites is 1. The number of allylic oxidation sites excluding steroid dienone is 1. The number of ketones is 1. The van der Waals surface area contributed by atoms with E-state index in [0.29, 0.717) is 28.9 Å². The molecule has 0 saturated heterocycles. The summed E-state index contributed by atoms with van der Waals surface area (Å²) in [4.78, 5) is 24.0. The van der Waals surface area contributed by atoms with E-state index in [1.54, 1.807) is 42.5 Å². The molecule has 1 atom stereocenters. The van der Waals surface area contributed by atoms with Gasteiger partial charge in [0, 0.05) is 17.2 Å². The highest BCUT2D eigenvalue weighted by molar-refractivity contribution is 8.00. The molecule has 0 unspecified atom stereocenters. The van der Waals surface area contributed by atoms with E-state index in [-0.39, 0.29) is 17.2 Å². The molecule has 0 spiro atoms. The van der Waals surface area contributed by atoms with Crippen LogP contribution in [0.15, 0.2) is 65.1 Å². The van der Waals surface area contributed by atoms with Crippen molar-refractivity contribution in [3.05, 3.63) is 75.8 Å². The van der Waals surface area contributed by atoms with E-state index in [2.05, 4.69) is 0 Å². The van der Waals surface area contributed by atoms with E-state index in [4.69, 9.17) is 0 Å². The molecule has 1 aliphatic carbocycles. The summed E-state index contributed by atoms with van der Waals surface area (Å²) in [5.74, 6) is -0.130. The minimum Gasteiger partial charge on any atom is -0.507 e. The van der Waals surface area contributed by atoms with Gasteiger partial charge < -0.3 is 5.11 Å². The summed E-state index contributed by atoms with van der Waals surface area (Å²) in [7, 11) is 0. The summed E-state index contributed by atoms with van der Waals surface area (Å²) in [6, 6.07) is 15.4. The molecule has 1 saturated carbocycles. The molecule has 0 aromatic heterocycles. The summed E-state index contributed by atoms with van der Waals surface area (Å²) < 4.78 is 0. The molecule has 2 aromatic rings. The SMILES string of the molecule is O=C1C(=C(O)c2ccccc2)CCC[C@H]1Sc1ccccc1[N+](=O)[O-]. The topological polar surface area (TPSA) is 80.4 Å². The van der Waals surface area contributed by atoms with E-state index in [1.165, 1.54) is 17.8 Å². The molecule has 0 heterocycles. The molecule has 0 radical (unpaired) electrons. The molecule has 25 heavy (non-hydrogen) atoms. The van der Waals surface area contributed by atoms with Crippen LogP contribution in [0, 0.1) is 10.1 Å². The Labute approximate surface area is 149 Å². The third-order valence-electron chi connectivity index (χ3n) is 4.15. The quantitative estimate of drug-likeness (QED) is 0.369. The van der Waals surface area contributed by atoms with Crippen LogP contribution in [0.25, 0.3) is 5.76 Å². The third kappa shape index (κ3) is 3.74. The molecule has 0 amide bonds. The molecule has 128 valence electrons. The van der Waals surface area contributed by atoms with Crippen molar-refractivity contribution in [2.45, 2.75) is 29.4 Å². The van der Waals surface area contributed by atoms with Crippen LogP contribution >= 0.6 is 11.8 Å². The second-order valence-corrected chi connectivity index (χ2v) is 7.03. The second-order valence-electron chi connectivity index (χ2n) is 5.78. The third-order valence-corrected chi connectivity index (χ3v) is 5.48. The van der Waals surface area contributed by atoms with Gasteiger partial charge in [-0.3, -0.25) is 14.9 Å². The maximum atomic E-state index is 12.8. The normalized spacial score (nSPS) is 19.5. The van der Waals surface area contributed by atoms with Gasteiger partial charge in [-0.05, 0) is 25.3 Å². The van der Waals surface area contributed by atoms with Crippen molar-refractivity contribution in [2.75, 3.05) is 0 Å². The lowest BCUT2D eigenvalue weighted by Crippen LogP contribution is -2.25. The van der Waals surface area contributed by atoms with Crippen molar-refractivity contribution in [1.82, 2.24) is 0 Å². The largest absolute Gasteiger partial charge is 0.507 e. The molecule has 1 aliphatic rings. The van der Waals surface area contributed by atoms with Gasteiger partial charge in [0.2, 0.25) is 0 Å². The molecule has 0 bridgehead atoms. The van der Waals surface area contributed by atoms with E-state index < -0.39 is 10.2 Å². The fourth-order valence-electron chi connectivity index (χ4n) is 2.89. The summed E-state index contributed by atoms with van der Waals surface area (Å²) in [5, 5.41) is 21.2. The molecule has 5 nitrogen and oxygen atoms in total. The predicted octanol–water partition coefficient (Wildman–Crippen LogP) is 4.78. The van der Waals surface area contributed by atoms with Gasteiger partial charge in [-0.15, -0.1) is 11.8 Å². The molecular formula is C19H17NO4S. The number of rotatable bonds is 4. The Morgan fingerprint density at radius 1 is 1.12 bits per heavy atom. The Balaban J connectivity index is 1.88. The average Bonchev–Trinajstić information content (AvgIpc) is 2.64. The Bertz CT molecular complexity index is 832. The number of Topliss-reactive ketones (excluding diaryl/α,β-unsaturated/α-hetero) is 1. The van der Waals surface area contributed by atoms with Crippen molar-refractivity contribution in [2.24, 2.45) is 0 Å². The van der Waals surface area contributed by atoms with Gasteiger partial charge in [0.25, 0.3) is 5.69 Å². The number of nitro benzene ring substituents is 1. The summed E-state index contributed by atoms with van der Waals surface area (Å²) in [6.07, 6.45) is 1.92. The minimum absolute atomic E-state index is 0.00341. The van der Waals surface area contributed by atoms with E-state index in [9.17, 15) is 20.0 Å². The first kappa shape index (κ1) is 17.2. The van der Waals surface area contributed by atoms with Crippen molar-refractivity contribution < 1.29 is 14.8 Å². The predicted molar refractivity (Wildman–Crippen MR) is 97.6 cm³/mol. The van der Waals surface area contributed by atoms with Gasteiger partial charge in [-0.2, -0.15) is 0 Å². The standard InChI is InChI=1S/C19H17NO4S/c21-18(13-7-2-1-3-8-13)14-9-6-12-17(19(14)22)25-16-11-5-4-10-15(16)20(23)24/h1-5,7-8,10-11,17,21H,6,9,12H2/t17-/m1/s1. The van der Waals surface area contributed by atoms with Crippen LogP contribution in [0.2, 0.25) is 0 Å². The molecule has 1 N–H and O–H groups in total. The summed E-state index contributed by atoms with van der Waals surface area (Å²) in [5.41, 5.74) is 1.03. The number of nitro groups is 1. The molecule has 2 aromatic carbocycles. The lowest BCUT2D eigenvalue weighted by Gasteiger charge is -2.23. The second kappa shape index (κ2) is 7.53. The smallest absolute Gasteiger partial charge is 0.282 e. The lowest BCUT2D eigenvalue weighted by atomic mass is 9.90. The zero-order valence-corrected chi connectivity index (χ0v) is 14.2. The average molecular weight is 355 g/mol. The van der Waals surface area contributed by atoms with Crippen molar-refractivity contribution in [3.8, 4) is 0 Å². The number of nitrogens with zero attached hydrogens (tertiary/aromatic N) is 1. The van der Waals surface area contributed by atoms with Gasteiger partial charge in [0.1, 0.15) is 5.76 Å². The Morgan fingerprint density at radius 2 is 1.80 bits per heavy atom. The molecule has 3 rings (SSSR count). The zero-order valence-electron chi connectivity index (χ0n) is 13.4. The number of hydrogen-bond acceptors (Lipinski definition) is 5. The summed E-state index contributed by atoms with van der Waals surface area (Å²) in [6.45, 7) is 0. The highest BCUT2D eigenvalue weighted by Crippen LogP contribution is 2.39. The van der Waals surface area contributed by atoms with Crippen LogP contribution in [-0.2, 0) is 4.79 Å². The number of carbonyl (C=O) groups excluding carboxylic acids is 1. The molecular weight excluding hydrogens is 338 g/mol. The highest BCUT2D eigenvalue weighted by atomic mass is 32.2. The number of hydrogen-bond donors (Lipinski definition) is 1. The Kier molecular flexibility index (Phi) is 5.19. The van der Waals surface area contributed by atoms with Crippen LogP contribution in [0.3, 0.4) is 0 Å². The van der Waals surface area contributed by atoms with Gasteiger partial charge in [-0.25, -0.2) is 0 Å². The van der Waals surface area contributed by atoms with Crippen molar-refractivity contribution in [1.29, 1.82) is 0 Å². The summed E-state index contributed by atoms with van der Waals surface area (Å²) >= 11 is 1.21. The number of carbonyl (C=O) groups is 1. The monoisotopic (exact) mass is 355 g/mol. The number of aliphatic hydroxyl groups is 1. The van der Waals surface area contributed by atoms with Crippen LogP contribution in [-0.4, -0.2) is 21.1 Å². The fraction of sp³-hybridized carbons (Fsp3) is 0.211. The minimum atomic E-state index is -0.437. The fourth-order valence-corrected chi connectivity index (χ4v) is 4.15. The van der Waals surface area contributed by atoms with E-state index in [1.807, 2.05) is 6.07 Å². The molecule has 0 aliphatic heterocycles. The van der Waals surface area contributed by atoms with E-state index >= 15 is 0 Å². The first-order valence-corrected chi connectivity index (χ1v) is 8.87. The maximum absolute atomic E-state index is 12.8. The van der Waals surface area contributed by atoms with Crippen LogP contribution in [0.1, 0.15) is 24.8 Å². The van der Waals surface area contributed by atoms with Gasteiger partial charge in [0.15, 0.2) is 5.78 Å². The number of aliphatic hydroxyl groups excluding tert-OH is 1. The van der Waals surface area contributed by atoms with Crippen LogP contribution < -0.4 is 0 Å².